The second-order valence-corrected chi connectivity index (χ2v) is 2.25. The largest absolute Gasteiger partial charge is 0.478 e. The molecule has 0 fully saturated rings. The van der Waals surface area contributed by atoms with Crippen molar-refractivity contribution < 1.29 is 59.3 Å². The maximum Gasteiger partial charge on any atom is 0.335 e. The molecule has 0 unspecified atom stereocenters. The van der Waals surface area contributed by atoms with Gasteiger partial charge in [0.1, 0.15) is 0 Å². The molecule has 0 heterocycles. The van der Waals surface area contributed by atoms with E-state index in [0.717, 1.165) is 0 Å². The molecule has 1 aromatic rings. The van der Waals surface area contributed by atoms with Gasteiger partial charge in [-0.25, -0.2) is 4.79 Å². The van der Waals surface area contributed by atoms with Gasteiger partial charge in [-0.15, -0.1) is 0 Å². The third kappa shape index (κ3) is 3.65. The molecule has 0 saturated carbocycles. The summed E-state index contributed by atoms with van der Waals surface area (Å²) in [5.41, 5.74) is 0.254. The number of halogens is 1. The predicted octanol–water partition coefficient (Wildman–Crippen LogP) is 2.04. The SMILES string of the molecule is O=C(O)c1ccc(Cl)cc1.[Eu]. The van der Waals surface area contributed by atoms with Crippen molar-refractivity contribution in [2.24, 2.45) is 0 Å². The number of carboxylic acid groups (broad SMARTS) is 1. The Morgan fingerprint density at radius 1 is 1.27 bits per heavy atom. The first-order valence-corrected chi connectivity index (χ1v) is 3.07. The van der Waals surface area contributed by atoms with E-state index in [2.05, 4.69) is 0 Å². The van der Waals surface area contributed by atoms with E-state index < -0.39 is 5.97 Å². The number of rotatable bonds is 1. The number of carboxylic acids is 1. The first kappa shape index (κ1) is 11.6. The average Bonchev–Trinajstić information content (AvgIpc) is 1.88. The van der Waals surface area contributed by atoms with Gasteiger partial charge in [0.15, 0.2) is 0 Å². The van der Waals surface area contributed by atoms with Crippen LogP contribution >= 0.6 is 11.6 Å². The van der Waals surface area contributed by atoms with Crippen LogP contribution in [0.15, 0.2) is 24.3 Å². The van der Waals surface area contributed by atoms with Crippen molar-refractivity contribution in [3.05, 3.63) is 34.9 Å². The van der Waals surface area contributed by atoms with Gasteiger partial charge in [-0.05, 0) is 24.3 Å². The molecule has 4 heteroatoms. The van der Waals surface area contributed by atoms with Crippen molar-refractivity contribution in [1.29, 1.82) is 0 Å². The molecule has 0 aliphatic heterocycles. The fourth-order valence-corrected chi connectivity index (χ4v) is 0.718. The van der Waals surface area contributed by atoms with E-state index in [0.29, 0.717) is 5.02 Å². The Hall–Kier alpha value is 0.564. The van der Waals surface area contributed by atoms with Crippen LogP contribution in [0.5, 0.6) is 0 Å². The number of aromatic carboxylic acids is 1. The molecule has 1 radical (unpaired) electrons. The fraction of sp³-hybridized carbons (Fsp3) is 0. The van der Waals surface area contributed by atoms with Crippen LogP contribution in [0.2, 0.25) is 5.02 Å². The molecular formula is C7H5ClEuO2. The monoisotopic (exact) mass is 309 g/mol. The van der Waals surface area contributed by atoms with Crippen LogP contribution in [0.4, 0.5) is 0 Å². The Morgan fingerprint density at radius 3 is 2.09 bits per heavy atom. The first-order chi connectivity index (χ1) is 4.70. The summed E-state index contributed by atoms with van der Waals surface area (Å²) in [5, 5.41) is 8.98. The molecule has 1 aromatic carbocycles. The summed E-state index contributed by atoms with van der Waals surface area (Å²) in [6.45, 7) is 0. The number of benzene rings is 1. The predicted molar refractivity (Wildman–Crippen MR) is 38.4 cm³/mol. The summed E-state index contributed by atoms with van der Waals surface area (Å²) in [7, 11) is 0. The van der Waals surface area contributed by atoms with E-state index >= 15 is 0 Å². The summed E-state index contributed by atoms with van der Waals surface area (Å²) >= 11 is 5.52. The summed E-state index contributed by atoms with van der Waals surface area (Å²) < 4.78 is 0. The van der Waals surface area contributed by atoms with Crippen molar-refractivity contribution in [2.75, 3.05) is 0 Å². The minimum absolute atomic E-state index is 0. The molecule has 0 saturated heterocycles. The van der Waals surface area contributed by atoms with Crippen LogP contribution in [0.1, 0.15) is 10.4 Å². The zero-order valence-corrected chi connectivity index (χ0v) is 8.60. The van der Waals surface area contributed by atoms with E-state index in [4.69, 9.17) is 16.7 Å². The van der Waals surface area contributed by atoms with Crippen molar-refractivity contribution in [3.63, 3.8) is 0 Å². The summed E-state index contributed by atoms with van der Waals surface area (Å²) in [4.78, 5) is 10.3. The van der Waals surface area contributed by atoms with E-state index in [9.17, 15) is 4.79 Å². The molecule has 2 nitrogen and oxygen atoms in total. The second-order valence-electron chi connectivity index (χ2n) is 1.81. The molecule has 0 aliphatic rings. The maximum atomic E-state index is 10.3. The van der Waals surface area contributed by atoms with Gasteiger partial charge in [0.05, 0.1) is 5.56 Å². The van der Waals surface area contributed by atoms with Gasteiger partial charge in [0.25, 0.3) is 0 Å². The van der Waals surface area contributed by atoms with Crippen molar-refractivity contribution in [1.82, 2.24) is 0 Å². The molecule has 0 spiro atoms. The van der Waals surface area contributed by atoms with Crippen molar-refractivity contribution in [3.8, 4) is 0 Å². The van der Waals surface area contributed by atoms with E-state index in [-0.39, 0.29) is 54.9 Å². The first-order valence-electron chi connectivity index (χ1n) is 2.69. The molecule has 1 rings (SSSR count). The third-order valence-corrected chi connectivity index (χ3v) is 1.34. The minimum atomic E-state index is -0.934. The zero-order valence-electron chi connectivity index (χ0n) is 5.42. The number of hydrogen-bond donors (Lipinski definition) is 1. The summed E-state index contributed by atoms with van der Waals surface area (Å²) in [5.74, 6) is -0.934. The second kappa shape index (κ2) is 5.25. The molecule has 0 aliphatic carbocycles. The van der Waals surface area contributed by atoms with Crippen molar-refractivity contribution >= 4 is 17.6 Å². The van der Waals surface area contributed by atoms with Gasteiger partial charge in [-0.2, -0.15) is 0 Å². The molecular weight excluding hydrogens is 303 g/mol. The van der Waals surface area contributed by atoms with Gasteiger partial charge in [-0.3, -0.25) is 0 Å². The van der Waals surface area contributed by atoms with Crippen LogP contribution in [0.25, 0.3) is 0 Å². The fourth-order valence-electron chi connectivity index (χ4n) is 0.592. The number of hydrogen-bond acceptors (Lipinski definition) is 1. The quantitative estimate of drug-likeness (QED) is 0.862. The summed E-state index contributed by atoms with van der Waals surface area (Å²) in [6, 6.07) is 6.02. The van der Waals surface area contributed by atoms with Crippen LogP contribution < -0.4 is 0 Å². The standard InChI is InChI=1S/C7H5ClO2.Eu/c8-6-3-1-5(2-4-6)7(9)10;/h1-4H,(H,9,10);. The van der Waals surface area contributed by atoms with Crippen LogP contribution in [0, 0.1) is 49.4 Å². The Bertz CT molecular complexity index is 245. The van der Waals surface area contributed by atoms with Gasteiger partial charge in [0, 0.05) is 54.4 Å². The molecule has 0 aromatic heterocycles. The smallest absolute Gasteiger partial charge is 0.335 e. The minimum Gasteiger partial charge on any atom is -0.478 e. The zero-order chi connectivity index (χ0) is 7.56. The van der Waals surface area contributed by atoms with E-state index in [1.54, 1.807) is 12.1 Å². The van der Waals surface area contributed by atoms with Gasteiger partial charge < -0.3 is 5.11 Å². The number of carbonyl (C=O) groups is 1. The van der Waals surface area contributed by atoms with Gasteiger partial charge in [-0.1, -0.05) is 11.6 Å². The third-order valence-electron chi connectivity index (χ3n) is 1.09. The topological polar surface area (TPSA) is 37.3 Å². The molecule has 0 bridgehead atoms. The molecule has 1 N–H and O–H groups in total. The molecule has 0 amide bonds. The summed E-state index contributed by atoms with van der Waals surface area (Å²) in [6.07, 6.45) is 0. The normalized spacial score (nSPS) is 8.45. The van der Waals surface area contributed by atoms with Crippen LogP contribution in [-0.4, -0.2) is 11.1 Å². The van der Waals surface area contributed by atoms with Crippen LogP contribution in [0.3, 0.4) is 0 Å². The van der Waals surface area contributed by atoms with Gasteiger partial charge in [0.2, 0.25) is 0 Å². The Balaban J connectivity index is 0.000001000. The Kier molecular flexibility index (Phi) is 5.52. The Labute approximate surface area is 110 Å². The molecule has 0 atom stereocenters. The average molecular weight is 309 g/mol. The van der Waals surface area contributed by atoms with Crippen LogP contribution in [-0.2, 0) is 0 Å². The Morgan fingerprint density at radius 2 is 1.73 bits per heavy atom. The maximum absolute atomic E-state index is 10.3. The van der Waals surface area contributed by atoms with E-state index in [1.165, 1.54) is 12.1 Å². The van der Waals surface area contributed by atoms with Crippen molar-refractivity contribution in [2.45, 2.75) is 0 Å². The molecule has 11 heavy (non-hydrogen) atoms. The molecule has 59 valence electrons. The van der Waals surface area contributed by atoms with E-state index in [1.807, 2.05) is 0 Å². The van der Waals surface area contributed by atoms with Gasteiger partial charge >= 0.3 is 5.97 Å².